The zero-order valence-corrected chi connectivity index (χ0v) is 9.06. The number of aromatic nitrogens is 1. The molecule has 0 saturated heterocycles. The number of halogens is 2. The third-order valence-electron chi connectivity index (χ3n) is 2.00. The van der Waals surface area contributed by atoms with E-state index < -0.39 is 17.7 Å². The van der Waals surface area contributed by atoms with Crippen LogP contribution in [0.1, 0.15) is 0 Å². The minimum Gasteiger partial charge on any atom is -0.391 e. The molecular formula is C12H8F2N2O2. The minimum atomic E-state index is -0.946. The van der Waals surface area contributed by atoms with E-state index in [1.54, 1.807) is 12.1 Å². The Labute approximate surface area is 101 Å². The third kappa shape index (κ3) is 3.00. The first-order chi connectivity index (χ1) is 8.65. The molecule has 0 aliphatic rings. The van der Waals surface area contributed by atoms with Gasteiger partial charge in [-0.05, 0) is 18.2 Å². The van der Waals surface area contributed by atoms with Crippen molar-refractivity contribution in [2.45, 2.75) is 0 Å². The Morgan fingerprint density at radius 3 is 2.78 bits per heavy atom. The van der Waals surface area contributed by atoms with Crippen molar-refractivity contribution in [2.24, 2.45) is 0 Å². The van der Waals surface area contributed by atoms with Gasteiger partial charge in [0.2, 0.25) is 5.88 Å². The summed E-state index contributed by atoms with van der Waals surface area (Å²) in [6.07, 6.45) is 0.490. The molecule has 0 unspecified atom stereocenters. The highest BCUT2D eigenvalue weighted by molar-refractivity contribution is 5.86. The number of nitrogens with zero attached hydrogens (tertiary/aromatic N) is 1. The number of carbonyl (C=O) groups is 1. The van der Waals surface area contributed by atoms with Gasteiger partial charge in [-0.15, -0.1) is 0 Å². The Hall–Kier alpha value is -2.50. The Balaban J connectivity index is 2.05. The van der Waals surface area contributed by atoms with E-state index in [4.69, 9.17) is 4.74 Å². The first kappa shape index (κ1) is 12.0. The van der Waals surface area contributed by atoms with Crippen LogP contribution in [0.3, 0.4) is 0 Å². The van der Waals surface area contributed by atoms with E-state index in [1.165, 1.54) is 12.3 Å². The molecule has 0 fully saturated rings. The number of carbonyl (C=O) groups excluding carboxylic acids is 1. The molecule has 0 bridgehead atoms. The molecule has 2 rings (SSSR count). The van der Waals surface area contributed by atoms with E-state index in [0.29, 0.717) is 0 Å². The van der Waals surface area contributed by atoms with Crippen molar-refractivity contribution < 1.29 is 18.3 Å². The molecule has 1 amide bonds. The summed E-state index contributed by atoms with van der Waals surface area (Å²) in [4.78, 5) is 15.1. The lowest BCUT2D eigenvalue weighted by Gasteiger charge is -2.06. The summed E-state index contributed by atoms with van der Waals surface area (Å²) in [7, 11) is 0. The molecule has 0 saturated carbocycles. The molecular weight excluding hydrogens is 242 g/mol. The summed E-state index contributed by atoms with van der Waals surface area (Å²) in [6, 6.07) is 7.45. The van der Waals surface area contributed by atoms with Gasteiger partial charge in [-0.1, -0.05) is 6.07 Å². The molecule has 1 heterocycles. The third-order valence-corrected chi connectivity index (χ3v) is 2.00. The van der Waals surface area contributed by atoms with Crippen LogP contribution in [0.2, 0.25) is 0 Å². The summed E-state index contributed by atoms with van der Waals surface area (Å²) >= 11 is 0. The molecule has 6 heteroatoms. The highest BCUT2D eigenvalue weighted by Crippen LogP contribution is 2.15. The Kier molecular flexibility index (Phi) is 3.47. The minimum absolute atomic E-state index is 0.0619. The van der Waals surface area contributed by atoms with Crippen LogP contribution in [0.4, 0.5) is 19.3 Å². The predicted molar refractivity (Wildman–Crippen MR) is 60.2 cm³/mol. The summed E-state index contributed by atoms with van der Waals surface area (Å²) in [6.45, 7) is 0. The lowest BCUT2D eigenvalue weighted by atomic mass is 10.3. The maximum atomic E-state index is 13.2. The molecule has 0 radical (unpaired) electrons. The second kappa shape index (κ2) is 5.22. The molecule has 1 aromatic heterocycles. The van der Waals surface area contributed by atoms with Gasteiger partial charge in [-0.25, -0.2) is 18.6 Å². The lowest BCUT2D eigenvalue weighted by molar-refractivity contribution is 0.213. The van der Waals surface area contributed by atoms with Crippen molar-refractivity contribution in [3.8, 4) is 5.88 Å². The predicted octanol–water partition coefficient (Wildman–Crippen LogP) is 2.97. The number of hydrogen-bond donors (Lipinski definition) is 1. The number of hydrogen-bond acceptors (Lipinski definition) is 3. The number of nitrogens with one attached hydrogen (secondary N) is 1. The average Bonchev–Trinajstić information content (AvgIpc) is 2.35. The summed E-state index contributed by atoms with van der Waals surface area (Å²) < 4.78 is 30.8. The van der Waals surface area contributed by atoms with Crippen molar-refractivity contribution in [2.75, 3.05) is 5.32 Å². The van der Waals surface area contributed by atoms with Crippen LogP contribution in [0.25, 0.3) is 0 Å². The summed E-state index contributed by atoms with van der Waals surface area (Å²) in [5.74, 6) is -1.36. The molecule has 0 aliphatic carbocycles. The van der Waals surface area contributed by atoms with Gasteiger partial charge in [0.15, 0.2) is 0 Å². The molecule has 0 aliphatic heterocycles. The number of anilines is 1. The number of pyridine rings is 1. The molecule has 4 nitrogen and oxygen atoms in total. The number of benzene rings is 1. The van der Waals surface area contributed by atoms with Crippen LogP contribution in [0, 0.1) is 11.6 Å². The van der Waals surface area contributed by atoms with E-state index in [1.807, 2.05) is 0 Å². The van der Waals surface area contributed by atoms with E-state index in [2.05, 4.69) is 10.3 Å². The van der Waals surface area contributed by atoms with Gasteiger partial charge in [-0.2, -0.15) is 0 Å². The van der Waals surface area contributed by atoms with E-state index in [0.717, 1.165) is 18.2 Å². The van der Waals surface area contributed by atoms with Crippen LogP contribution < -0.4 is 10.1 Å². The van der Waals surface area contributed by atoms with Crippen molar-refractivity contribution >= 4 is 11.8 Å². The summed E-state index contributed by atoms with van der Waals surface area (Å²) in [5, 5.41) is 2.08. The van der Waals surface area contributed by atoms with Gasteiger partial charge in [-0.3, -0.25) is 5.32 Å². The second-order valence-electron chi connectivity index (χ2n) is 3.31. The lowest BCUT2D eigenvalue weighted by Crippen LogP contribution is -2.18. The zero-order valence-electron chi connectivity index (χ0n) is 9.06. The molecule has 0 spiro atoms. The smallest absolute Gasteiger partial charge is 0.391 e. The van der Waals surface area contributed by atoms with Gasteiger partial charge in [0.25, 0.3) is 0 Å². The first-order valence-electron chi connectivity index (χ1n) is 5.00. The van der Waals surface area contributed by atoms with Crippen LogP contribution in [0.5, 0.6) is 5.88 Å². The normalized spacial score (nSPS) is 9.89. The number of ether oxygens (including phenoxy) is 1. The Bertz CT molecular complexity index is 561. The summed E-state index contributed by atoms with van der Waals surface area (Å²) in [5.41, 5.74) is -0.295. The molecule has 18 heavy (non-hydrogen) atoms. The van der Waals surface area contributed by atoms with E-state index in [9.17, 15) is 13.6 Å². The van der Waals surface area contributed by atoms with Gasteiger partial charge >= 0.3 is 6.09 Å². The standard InChI is InChI=1S/C12H8F2N2O2/c13-8-4-5-9(14)10(7-8)16-12(17)18-11-3-1-2-6-15-11/h1-7H,(H,16,17). The molecule has 0 atom stereocenters. The van der Waals surface area contributed by atoms with Crippen molar-refractivity contribution in [1.82, 2.24) is 4.98 Å². The SMILES string of the molecule is O=C(Nc1cc(F)ccc1F)Oc1ccccn1. The van der Waals surface area contributed by atoms with Gasteiger partial charge < -0.3 is 4.74 Å². The number of rotatable bonds is 2. The van der Waals surface area contributed by atoms with Crippen LogP contribution in [-0.2, 0) is 0 Å². The Morgan fingerprint density at radius 2 is 2.06 bits per heavy atom. The highest BCUT2D eigenvalue weighted by Gasteiger charge is 2.10. The van der Waals surface area contributed by atoms with E-state index >= 15 is 0 Å². The van der Waals surface area contributed by atoms with Crippen molar-refractivity contribution in [3.05, 3.63) is 54.2 Å². The maximum absolute atomic E-state index is 13.2. The van der Waals surface area contributed by atoms with Gasteiger partial charge in [0.1, 0.15) is 11.6 Å². The first-order valence-corrected chi connectivity index (χ1v) is 5.00. The fraction of sp³-hybridized carbons (Fsp3) is 0. The monoisotopic (exact) mass is 250 g/mol. The van der Waals surface area contributed by atoms with Crippen LogP contribution in [0.15, 0.2) is 42.6 Å². The zero-order chi connectivity index (χ0) is 13.0. The van der Waals surface area contributed by atoms with Gasteiger partial charge in [0, 0.05) is 18.3 Å². The van der Waals surface area contributed by atoms with Gasteiger partial charge in [0.05, 0.1) is 5.69 Å². The average molecular weight is 250 g/mol. The largest absolute Gasteiger partial charge is 0.418 e. The molecule has 2 aromatic rings. The maximum Gasteiger partial charge on any atom is 0.418 e. The van der Waals surface area contributed by atoms with Crippen LogP contribution in [-0.4, -0.2) is 11.1 Å². The molecule has 1 aromatic carbocycles. The molecule has 1 N–H and O–H groups in total. The van der Waals surface area contributed by atoms with Crippen molar-refractivity contribution in [3.63, 3.8) is 0 Å². The second-order valence-corrected chi connectivity index (χ2v) is 3.31. The fourth-order valence-corrected chi connectivity index (χ4v) is 1.23. The quantitative estimate of drug-likeness (QED) is 0.891. The fourth-order valence-electron chi connectivity index (χ4n) is 1.23. The molecule has 92 valence electrons. The topological polar surface area (TPSA) is 51.2 Å². The van der Waals surface area contributed by atoms with Crippen LogP contribution >= 0.6 is 0 Å². The van der Waals surface area contributed by atoms with E-state index in [-0.39, 0.29) is 11.6 Å². The number of amides is 1. The Morgan fingerprint density at radius 1 is 1.22 bits per heavy atom. The van der Waals surface area contributed by atoms with Crippen molar-refractivity contribution in [1.29, 1.82) is 0 Å². The highest BCUT2D eigenvalue weighted by atomic mass is 19.1.